The van der Waals surface area contributed by atoms with Gasteiger partial charge in [0.15, 0.2) is 0 Å². The smallest absolute Gasteiger partial charge is 0.244 e. The average Bonchev–Trinajstić information content (AvgIpc) is 3.03. The van der Waals surface area contributed by atoms with Gasteiger partial charge in [0.2, 0.25) is 23.6 Å². The molecule has 0 spiro atoms. The van der Waals surface area contributed by atoms with E-state index in [9.17, 15) is 19.2 Å². The first-order valence-corrected chi connectivity index (χ1v) is 16.5. The highest BCUT2D eigenvalue weighted by Gasteiger charge is 2.39. The number of benzene rings is 3. The predicted octanol–water partition coefficient (Wildman–Crippen LogP) is 6.40. The number of para-hydroxylation sites is 2. The topological polar surface area (TPSA) is 119 Å². The Balaban J connectivity index is 1.37. The van der Waals surface area contributed by atoms with Gasteiger partial charge in [-0.05, 0) is 83.9 Å². The van der Waals surface area contributed by atoms with Crippen molar-refractivity contribution < 1.29 is 24.4 Å². The summed E-state index contributed by atoms with van der Waals surface area (Å²) in [4.78, 5) is 57.3. The molecular weight excluding hydrogens is 592 g/mol. The molecule has 2 aliphatic rings. The Hall–Kier alpha value is -4.50. The van der Waals surface area contributed by atoms with Gasteiger partial charge in [-0.25, -0.2) is 5.48 Å². The third-order valence-corrected chi connectivity index (χ3v) is 9.13. The second-order valence-corrected chi connectivity index (χ2v) is 14.4. The lowest BCUT2D eigenvalue weighted by Crippen LogP contribution is -2.47. The number of amides is 4. The van der Waals surface area contributed by atoms with Crippen molar-refractivity contribution >= 4 is 40.7 Å². The fraction of sp³-hybridized carbons (Fsp3) is 0.421. The van der Waals surface area contributed by atoms with Crippen molar-refractivity contribution in [3.8, 4) is 0 Å². The van der Waals surface area contributed by atoms with E-state index in [1.54, 1.807) is 39.5 Å². The monoisotopic (exact) mass is 638 g/mol. The van der Waals surface area contributed by atoms with Crippen molar-refractivity contribution in [2.24, 2.45) is 10.8 Å². The van der Waals surface area contributed by atoms with E-state index in [1.807, 2.05) is 76.2 Å². The van der Waals surface area contributed by atoms with Crippen LogP contribution in [0.15, 0.2) is 72.8 Å². The zero-order valence-corrected chi connectivity index (χ0v) is 27.8. The van der Waals surface area contributed by atoms with Crippen LogP contribution in [-0.2, 0) is 32.0 Å². The zero-order valence-electron chi connectivity index (χ0n) is 27.8. The number of hydroxylamine groups is 1. The summed E-state index contributed by atoms with van der Waals surface area (Å²) in [6.45, 7) is 8.92. The molecular formula is C38H46N4O5. The van der Waals surface area contributed by atoms with Crippen LogP contribution in [0.5, 0.6) is 0 Å². The molecule has 0 aromatic heterocycles. The maximum Gasteiger partial charge on any atom is 0.244 e. The molecule has 9 nitrogen and oxygen atoms in total. The van der Waals surface area contributed by atoms with E-state index < -0.39 is 22.7 Å². The molecule has 0 atom stereocenters. The molecule has 2 aliphatic heterocycles. The van der Waals surface area contributed by atoms with E-state index in [4.69, 9.17) is 5.21 Å². The van der Waals surface area contributed by atoms with E-state index in [2.05, 4.69) is 5.32 Å². The first kappa shape index (κ1) is 33.9. The summed E-state index contributed by atoms with van der Waals surface area (Å²) in [5.41, 5.74) is 5.90. The summed E-state index contributed by atoms with van der Waals surface area (Å²) in [5, 5.41) is 11.9. The maximum atomic E-state index is 14.4. The van der Waals surface area contributed by atoms with Crippen molar-refractivity contribution in [3.63, 3.8) is 0 Å². The van der Waals surface area contributed by atoms with Crippen LogP contribution in [0, 0.1) is 10.8 Å². The third kappa shape index (κ3) is 8.08. The second kappa shape index (κ2) is 14.1. The molecule has 3 N–H and O–H groups in total. The van der Waals surface area contributed by atoms with Crippen molar-refractivity contribution in [3.05, 3.63) is 89.5 Å². The summed E-state index contributed by atoms with van der Waals surface area (Å²) in [6, 6.07) is 22.8. The van der Waals surface area contributed by atoms with Gasteiger partial charge in [-0.1, -0.05) is 76.2 Å². The Morgan fingerprint density at radius 3 is 1.66 bits per heavy atom. The van der Waals surface area contributed by atoms with Crippen molar-refractivity contribution in [2.75, 3.05) is 28.2 Å². The fourth-order valence-electron chi connectivity index (χ4n) is 7.52. The third-order valence-electron chi connectivity index (χ3n) is 9.13. The van der Waals surface area contributed by atoms with Crippen LogP contribution >= 0.6 is 0 Å². The Morgan fingerprint density at radius 2 is 1.17 bits per heavy atom. The number of aryl methyl sites for hydroxylation is 2. The molecule has 0 saturated carbocycles. The lowest BCUT2D eigenvalue weighted by atomic mass is 9.71. The molecule has 9 heteroatoms. The molecule has 3 aromatic carbocycles. The molecule has 0 aliphatic carbocycles. The summed E-state index contributed by atoms with van der Waals surface area (Å²) in [5.74, 6) is -2.18. The zero-order chi connectivity index (χ0) is 33.8. The molecule has 47 heavy (non-hydrogen) atoms. The predicted molar refractivity (Wildman–Crippen MR) is 183 cm³/mol. The molecule has 2 heterocycles. The van der Waals surface area contributed by atoms with Crippen molar-refractivity contribution in [2.45, 2.75) is 78.6 Å². The molecule has 5 rings (SSSR count). The number of nitrogens with zero attached hydrogens (tertiary/aromatic N) is 2. The summed E-state index contributed by atoms with van der Waals surface area (Å²) in [7, 11) is 0. The largest absolute Gasteiger partial charge is 0.326 e. The fourth-order valence-corrected chi connectivity index (χ4v) is 7.52. The second-order valence-electron chi connectivity index (χ2n) is 14.4. The van der Waals surface area contributed by atoms with Crippen LogP contribution in [0.1, 0.15) is 82.4 Å². The normalized spacial score (nSPS) is 14.7. The number of anilines is 3. The Kier molecular flexibility index (Phi) is 10.2. The maximum absolute atomic E-state index is 14.4. The first-order chi connectivity index (χ1) is 22.4. The standard InChI is InChI=1S/C38H46N4O5/c1-37(2,25-38(3,4)24-33(44)40-47)23-32(43)39-29-19-17-28(18-20-29)34(35(45)41-21-9-13-26-11-5-7-15-30(26)41)36(46)42-22-10-14-27-12-6-8-16-31(27)42/h5-8,11-12,15-20,34,47H,9-10,13-14,21-25H2,1-4H3,(H,39,43)(H,40,44). The quantitative estimate of drug-likeness (QED) is 0.135. The van der Waals surface area contributed by atoms with Crippen LogP contribution in [0.2, 0.25) is 0 Å². The molecule has 248 valence electrons. The molecule has 0 saturated heterocycles. The number of carbonyl (C=O) groups is 4. The highest BCUT2D eigenvalue weighted by Crippen LogP contribution is 2.39. The van der Waals surface area contributed by atoms with E-state index in [-0.39, 0.29) is 30.6 Å². The van der Waals surface area contributed by atoms with Gasteiger partial charge in [-0.3, -0.25) is 24.4 Å². The van der Waals surface area contributed by atoms with Crippen molar-refractivity contribution in [1.82, 2.24) is 5.48 Å². The Labute approximate surface area is 277 Å². The van der Waals surface area contributed by atoms with Crippen LogP contribution in [0.4, 0.5) is 17.1 Å². The van der Waals surface area contributed by atoms with Crippen LogP contribution in [0.3, 0.4) is 0 Å². The average molecular weight is 639 g/mol. The minimum atomic E-state index is -1.05. The molecule has 4 amide bonds. The molecule has 3 aromatic rings. The summed E-state index contributed by atoms with van der Waals surface area (Å²) >= 11 is 0. The molecule has 0 unspecified atom stereocenters. The number of rotatable bonds is 10. The van der Waals surface area contributed by atoms with Crippen LogP contribution in [0.25, 0.3) is 0 Å². The summed E-state index contributed by atoms with van der Waals surface area (Å²) < 4.78 is 0. The molecule has 0 fully saturated rings. The molecule has 0 radical (unpaired) electrons. The lowest BCUT2D eigenvalue weighted by Gasteiger charge is -2.36. The van der Waals surface area contributed by atoms with Gasteiger partial charge >= 0.3 is 0 Å². The first-order valence-electron chi connectivity index (χ1n) is 16.5. The SMILES string of the molecule is CC(C)(CC(=O)NO)CC(C)(C)CC(=O)Nc1ccc(C(C(=O)N2CCCc3ccccc32)C(=O)N2CCCc3ccccc32)cc1. The van der Waals surface area contributed by atoms with Crippen molar-refractivity contribution in [1.29, 1.82) is 0 Å². The van der Waals surface area contributed by atoms with Gasteiger partial charge < -0.3 is 15.1 Å². The van der Waals surface area contributed by atoms with Crippen LogP contribution < -0.4 is 20.6 Å². The number of nitrogens with one attached hydrogen (secondary N) is 2. The van der Waals surface area contributed by atoms with E-state index in [0.29, 0.717) is 30.8 Å². The lowest BCUT2D eigenvalue weighted by molar-refractivity contribution is -0.132. The number of hydrogen-bond acceptors (Lipinski definition) is 5. The van der Waals surface area contributed by atoms with Gasteiger partial charge in [-0.15, -0.1) is 0 Å². The van der Waals surface area contributed by atoms with E-state index in [0.717, 1.165) is 48.2 Å². The van der Waals surface area contributed by atoms with Gasteiger partial charge in [0.1, 0.15) is 5.92 Å². The Bertz CT molecular complexity index is 1560. The molecule has 0 bridgehead atoms. The van der Waals surface area contributed by atoms with E-state index >= 15 is 0 Å². The van der Waals surface area contributed by atoms with Gasteiger partial charge in [0, 0.05) is 43.0 Å². The van der Waals surface area contributed by atoms with Gasteiger partial charge in [0.25, 0.3) is 0 Å². The highest BCUT2D eigenvalue weighted by molar-refractivity contribution is 6.17. The minimum Gasteiger partial charge on any atom is -0.326 e. The minimum absolute atomic E-state index is 0.140. The Morgan fingerprint density at radius 1 is 0.702 bits per heavy atom. The van der Waals surface area contributed by atoms with E-state index in [1.165, 1.54) is 0 Å². The van der Waals surface area contributed by atoms with Gasteiger partial charge in [-0.2, -0.15) is 0 Å². The highest BCUT2D eigenvalue weighted by atomic mass is 16.5. The summed E-state index contributed by atoms with van der Waals surface area (Å²) in [6.07, 6.45) is 4.37. The van der Waals surface area contributed by atoms with Gasteiger partial charge in [0.05, 0.1) is 0 Å². The number of carbonyl (C=O) groups excluding carboxylic acids is 4. The number of hydrogen-bond donors (Lipinski definition) is 3. The number of fused-ring (bicyclic) bond motifs is 2. The van der Waals surface area contributed by atoms with Crippen LogP contribution in [-0.4, -0.2) is 41.9 Å².